The minimum absolute atomic E-state index is 0.888. The number of hydrogen-bond acceptors (Lipinski definition) is 45. The van der Waals surface area contributed by atoms with Crippen molar-refractivity contribution in [2.45, 2.75) is 276 Å². The van der Waals surface area contributed by atoms with Gasteiger partial charge in [0.1, 0.15) is 208 Å². The van der Waals surface area contributed by atoms with Crippen molar-refractivity contribution in [1.29, 1.82) is 0 Å². The first kappa shape index (κ1) is 83.3. The molecular weight excluding hydrogens is 1380 g/mol. The van der Waals surface area contributed by atoms with E-state index in [2.05, 4.69) is 0 Å². The number of carboxylic acids is 1. The van der Waals surface area contributed by atoms with Crippen molar-refractivity contribution < 1.29 is 224 Å². The monoisotopic (exact) mass is 1480 g/mol. The molecule has 46 nitrogen and oxygen atoms in total. The average Bonchev–Trinajstić information content (AvgIpc) is 0.904. The highest BCUT2D eigenvalue weighted by Crippen LogP contribution is 2.41. The number of ether oxygens (including phenoxy) is 15. The second-order valence-corrected chi connectivity index (χ2v) is 25.2. The Morgan fingerprint density at radius 3 is 1.23 bits per heavy atom. The maximum absolute atomic E-state index is 12.9. The topological polar surface area (TPSA) is 768 Å². The summed E-state index contributed by atoms with van der Waals surface area (Å²) < 4.78 is 87.7. The van der Waals surface area contributed by atoms with Crippen LogP contribution in [0, 0.1) is 0 Å². The molecule has 46 heteroatoms. The highest BCUT2D eigenvalue weighted by atomic mass is 16.8. The average molecular weight is 1480 g/mol. The third kappa shape index (κ3) is 17.6. The smallest absolute Gasteiger partial charge is 0.332 e. The Morgan fingerprint density at radius 2 is 0.710 bits per heavy atom. The molecule has 0 aromatic rings. The lowest BCUT2D eigenvalue weighted by Gasteiger charge is -2.52. The molecule has 584 valence electrons. The molecule has 44 atom stereocenters. The van der Waals surface area contributed by atoms with Crippen molar-refractivity contribution in [2.75, 3.05) is 52.9 Å². The lowest BCUT2D eigenvalue weighted by atomic mass is 9.92. The zero-order chi connectivity index (χ0) is 74.0. The fourth-order valence-corrected chi connectivity index (χ4v) is 12.7. The van der Waals surface area contributed by atoms with E-state index in [0.29, 0.717) is 0 Å². The highest BCUT2D eigenvalue weighted by Gasteiger charge is 2.62. The molecule has 0 amide bonds. The maximum Gasteiger partial charge on any atom is 0.332 e. The van der Waals surface area contributed by atoms with Crippen molar-refractivity contribution in [1.82, 2.24) is 0 Å². The fraction of sp³-hybridized carbons (Fsp3) is 0.981. The predicted molar refractivity (Wildman–Crippen MR) is 300 cm³/mol. The van der Waals surface area contributed by atoms with Gasteiger partial charge in [-0.15, -0.1) is 0 Å². The van der Waals surface area contributed by atoms with Crippen LogP contribution >= 0.6 is 0 Å². The summed E-state index contributed by atoms with van der Waals surface area (Å²) in [6.07, 6.45) is -98.3. The second-order valence-electron chi connectivity index (χ2n) is 25.2. The third-order valence-corrected chi connectivity index (χ3v) is 18.6. The van der Waals surface area contributed by atoms with Gasteiger partial charge in [-0.25, -0.2) is 4.79 Å². The van der Waals surface area contributed by atoms with Gasteiger partial charge in [0.15, 0.2) is 50.1 Å². The molecule has 0 radical (unpaired) electrons. The molecule has 0 spiro atoms. The van der Waals surface area contributed by atoms with E-state index in [0.717, 1.165) is 0 Å². The van der Waals surface area contributed by atoms with Crippen LogP contribution in [0.5, 0.6) is 0 Å². The largest absolute Gasteiger partial charge is 0.479 e. The van der Waals surface area contributed by atoms with Gasteiger partial charge in [0, 0.05) is 6.42 Å². The lowest BCUT2D eigenvalue weighted by Crippen LogP contribution is -2.71. The maximum atomic E-state index is 12.9. The molecule has 8 saturated heterocycles. The molecule has 8 aliphatic heterocycles. The number of aliphatic hydroxyl groups is 28. The molecule has 0 bridgehead atoms. The number of carboxylic acid groups (broad SMARTS) is 1. The van der Waals surface area contributed by atoms with Crippen LogP contribution in [-0.2, 0) is 75.8 Å². The lowest BCUT2D eigenvalue weighted by molar-refractivity contribution is -0.417. The first-order valence-electron chi connectivity index (χ1n) is 31.6. The number of hydrogen-bond donors (Lipinski definition) is 30. The predicted octanol–water partition coefficient (Wildman–Crippen LogP) is -20.5. The van der Waals surface area contributed by atoms with Crippen molar-refractivity contribution in [3.63, 3.8) is 0 Å². The van der Waals surface area contributed by atoms with Crippen LogP contribution in [0.3, 0.4) is 0 Å². The number of aliphatic carboxylic acids is 1. The summed E-state index contributed by atoms with van der Waals surface area (Å²) >= 11 is 0. The van der Waals surface area contributed by atoms with E-state index in [-0.39, 0.29) is 0 Å². The van der Waals surface area contributed by atoms with Gasteiger partial charge in [0.25, 0.3) is 0 Å². The van der Waals surface area contributed by atoms with Crippen LogP contribution in [0.25, 0.3) is 0 Å². The Balaban J connectivity index is 1.25. The second kappa shape index (κ2) is 36.1. The van der Waals surface area contributed by atoms with Gasteiger partial charge in [0.05, 0.1) is 65.0 Å². The molecule has 8 fully saturated rings. The van der Waals surface area contributed by atoms with Gasteiger partial charge >= 0.3 is 5.97 Å². The summed E-state index contributed by atoms with van der Waals surface area (Å²) in [5.41, 5.74) is 5.96. The normalized spacial score (nSPS) is 49.8. The summed E-state index contributed by atoms with van der Waals surface area (Å²) in [6, 6.07) is -1.58. The first-order valence-corrected chi connectivity index (χ1v) is 31.6. The molecule has 0 aromatic carbocycles. The number of rotatable bonds is 29. The number of aliphatic hydroxyl groups excluding tert-OH is 28. The Kier molecular flexibility index (Phi) is 30.1. The van der Waals surface area contributed by atoms with Crippen LogP contribution in [0.1, 0.15) is 6.42 Å². The fourth-order valence-electron chi connectivity index (χ4n) is 12.7. The van der Waals surface area contributed by atoms with Crippen molar-refractivity contribution in [3.05, 3.63) is 0 Å². The zero-order valence-electron chi connectivity index (χ0n) is 52.3. The van der Waals surface area contributed by atoms with E-state index in [1.165, 1.54) is 0 Å². The van der Waals surface area contributed by atoms with E-state index < -0.39 is 335 Å². The van der Waals surface area contributed by atoms with Crippen molar-refractivity contribution in [2.24, 2.45) is 5.73 Å². The molecule has 0 aromatic heterocycles. The molecular formula is C54H93NO45. The van der Waals surface area contributed by atoms with Gasteiger partial charge in [-0.1, -0.05) is 0 Å². The van der Waals surface area contributed by atoms with Crippen LogP contribution in [0.2, 0.25) is 0 Å². The zero-order valence-corrected chi connectivity index (χ0v) is 52.3. The summed E-state index contributed by atoms with van der Waals surface area (Å²) in [5.74, 6) is -1.86. The van der Waals surface area contributed by atoms with Crippen LogP contribution in [0.15, 0.2) is 0 Å². The molecule has 8 heterocycles. The number of carbonyl (C=O) groups is 1. The van der Waals surface area contributed by atoms with Crippen molar-refractivity contribution >= 4 is 5.97 Å². The molecule has 8 aliphatic rings. The summed E-state index contributed by atoms with van der Waals surface area (Å²) in [4.78, 5) is 12.0. The van der Waals surface area contributed by atoms with E-state index in [1.807, 2.05) is 0 Å². The third-order valence-electron chi connectivity index (χ3n) is 18.6. The SMILES string of the molecule is N[C@H]1[C@@H](OC[C@H](O)[C@H]2O[C@H](O[C@@H]3[C@@H](O[C@@H]4[C@H](O)[C@@H](O[C@H]5[C@@H](O)[C@@H](CO)O[C@@H]5CC(O)C(=O)O)O[C@H]([C@H](CO)O[C@H]5O[C@H](CO)[C@@H](O)[C@H](O)[C@H]5O)[C@H]4O[C@@H]4O[C@H](CO)[C@@H](O)[C@H](O)[C@H]4O)O[C@H]([C@H](CO)O[C@H]4O[C@H]([C@@H](O)CO)[C@@H](O)[C@H](O)[C@@H]4O)[C@@H](O)[C@@H]3O)[C@@H](O)[C@@H](O)[C@@H]2O)O[C@H](CO)[C@@H](O)[C@@H]1O. The first-order chi connectivity index (χ1) is 47.2. The van der Waals surface area contributed by atoms with E-state index in [1.54, 1.807) is 0 Å². The standard InChI is InChI=1S/C54H93NO45/c55-20-25(70)21(66)14(3-57)88-48(20)86-9-12(65)40-31(76)29(74)37(82)52(94-40)99-45-33(78)32(77)42(18(7-61)91-51-36(81)28(73)30(75)39(93-51)11(64)2-56)96-54(45)98-44-38(83)53(95-41-13(1-10(63)47(84)85)87-17(6-60)24(41)69)97-43(46(44)100-50-35(80)27(72)23(68)16(5-59)90-50)19(8-62)92-49-34(79)26(71)22(67)15(4-58)89-49/h10-46,48-54,56-83H,1-9,55H2,(H,84,85)/t10?,11-,12-,13+,14+,15+,16+,17+,18-,19-,20+,21+,22+,23+,24-,25+,26-,27-,28-,29-,30-,31-,32-,33-,34+,35+,36-,37-,38-,39+,40+,41+,42+,43+,44+,45-,46+,48-,49+,50-,51-,52+,53-,54+/m0/s1. The van der Waals surface area contributed by atoms with Gasteiger partial charge in [-0.3, -0.25) is 0 Å². The van der Waals surface area contributed by atoms with E-state index in [9.17, 15) is 153 Å². The quantitative estimate of drug-likeness (QED) is 0.0331. The minimum atomic E-state index is -2.80. The van der Waals surface area contributed by atoms with Crippen LogP contribution in [0.4, 0.5) is 0 Å². The Bertz CT molecular complexity index is 2470. The van der Waals surface area contributed by atoms with E-state index in [4.69, 9.17) is 76.8 Å². The van der Waals surface area contributed by atoms with Gasteiger partial charge in [0.2, 0.25) is 0 Å². The Labute approximate surface area is 563 Å². The van der Waals surface area contributed by atoms with Crippen molar-refractivity contribution in [3.8, 4) is 0 Å². The Hall–Kier alpha value is -2.29. The molecule has 0 saturated carbocycles. The molecule has 1 unspecified atom stereocenters. The van der Waals surface area contributed by atoms with Crippen LogP contribution in [-0.4, -0.2) is 477 Å². The number of nitrogens with two attached hydrogens (primary N) is 1. The van der Waals surface area contributed by atoms with Gasteiger partial charge in [-0.2, -0.15) is 0 Å². The highest BCUT2D eigenvalue weighted by molar-refractivity contribution is 5.71. The van der Waals surface area contributed by atoms with E-state index >= 15 is 0 Å². The summed E-state index contributed by atoms with van der Waals surface area (Å²) in [6.45, 7) is -9.31. The van der Waals surface area contributed by atoms with Gasteiger partial charge in [-0.05, 0) is 0 Å². The molecule has 0 aliphatic carbocycles. The molecule has 8 rings (SSSR count). The molecule has 100 heavy (non-hydrogen) atoms. The Morgan fingerprint density at radius 1 is 0.330 bits per heavy atom. The van der Waals surface area contributed by atoms with Gasteiger partial charge < -0.3 is 225 Å². The minimum Gasteiger partial charge on any atom is -0.479 e. The summed E-state index contributed by atoms with van der Waals surface area (Å²) in [7, 11) is 0. The molecule has 31 N–H and O–H groups in total. The summed E-state index contributed by atoms with van der Waals surface area (Å²) in [5, 5.41) is 317. The van der Waals surface area contributed by atoms with Crippen LogP contribution < -0.4 is 5.73 Å².